The molecule has 4 heteroatoms. The molecule has 0 spiro atoms. The fourth-order valence-electron chi connectivity index (χ4n) is 2.78. The van der Waals surface area contributed by atoms with Crippen molar-refractivity contribution in [1.29, 1.82) is 0 Å². The van der Waals surface area contributed by atoms with Gasteiger partial charge in [0.1, 0.15) is 0 Å². The minimum absolute atomic E-state index is 0.579. The van der Waals surface area contributed by atoms with Crippen molar-refractivity contribution in [3.05, 3.63) is 48.0 Å². The van der Waals surface area contributed by atoms with Crippen LogP contribution in [0.5, 0.6) is 0 Å². The molecular weight excluding hydrogens is 263 g/mol. The van der Waals surface area contributed by atoms with Gasteiger partial charge in [-0.25, -0.2) is 0 Å². The van der Waals surface area contributed by atoms with E-state index in [0.717, 1.165) is 38.0 Å². The first-order chi connectivity index (χ1) is 9.49. The van der Waals surface area contributed by atoms with Crippen LogP contribution in [0.2, 0.25) is 0 Å². The van der Waals surface area contributed by atoms with Crippen LogP contribution >= 0.6 is 0 Å². The van der Waals surface area contributed by atoms with E-state index in [1.165, 1.54) is 18.6 Å². The Hall–Kier alpha value is -1.29. The quantitative estimate of drug-likeness (QED) is 0.736. The standard InChI is InChI=1S/C16H20F3N/c1-2-4-13-5-3-10-20(11-13)12-14-6-8-15(9-7-14)16(17,18)19/h2,6-9,13H,1,3-5,10-12H2. The number of allylic oxidation sites excluding steroid dienone is 1. The third kappa shape index (κ3) is 4.10. The molecule has 0 amide bonds. The number of rotatable bonds is 4. The lowest BCUT2D eigenvalue weighted by molar-refractivity contribution is -0.137. The van der Waals surface area contributed by atoms with Crippen molar-refractivity contribution in [2.24, 2.45) is 5.92 Å². The molecule has 0 saturated carbocycles. The Morgan fingerprint density at radius 3 is 2.55 bits per heavy atom. The Morgan fingerprint density at radius 2 is 1.95 bits per heavy atom. The Kier molecular flexibility index (Phi) is 4.86. The minimum Gasteiger partial charge on any atom is -0.299 e. The summed E-state index contributed by atoms with van der Waals surface area (Å²) in [6, 6.07) is 5.50. The average molecular weight is 283 g/mol. The van der Waals surface area contributed by atoms with Crippen LogP contribution in [0.25, 0.3) is 0 Å². The molecule has 1 unspecified atom stereocenters. The van der Waals surface area contributed by atoms with Crippen LogP contribution in [-0.2, 0) is 12.7 Å². The van der Waals surface area contributed by atoms with Gasteiger partial charge in [-0.3, -0.25) is 4.90 Å². The summed E-state index contributed by atoms with van der Waals surface area (Å²) in [5, 5.41) is 0. The van der Waals surface area contributed by atoms with Crippen molar-refractivity contribution < 1.29 is 13.2 Å². The molecule has 20 heavy (non-hydrogen) atoms. The predicted octanol–water partition coefficient (Wildman–Crippen LogP) is 4.49. The second-order valence-electron chi connectivity index (χ2n) is 5.46. The molecule has 2 rings (SSSR count). The zero-order valence-corrected chi connectivity index (χ0v) is 11.5. The lowest BCUT2D eigenvalue weighted by Crippen LogP contribution is -2.34. The summed E-state index contributed by atoms with van der Waals surface area (Å²) in [4.78, 5) is 2.32. The van der Waals surface area contributed by atoms with Crippen LogP contribution in [0.3, 0.4) is 0 Å². The normalized spacial score (nSPS) is 20.9. The van der Waals surface area contributed by atoms with Gasteiger partial charge in [-0.05, 0) is 49.4 Å². The minimum atomic E-state index is -4.25. The first-order valence-corrected chi connectivity index (χ1v) is 6.98. The van der Waals surface area contributed by atoms with E-state index < -0.39 is 11.7 Å². The third-order valence-corrected chi connectivity index (χ3v) is 3.79. The fraction of sp³-hybridized carbons (Fsp3) is 0.500. The molecule has 1 atom stereocenters. The number of piperidine rings is 1. The summed E-state index contributed by atoms with van der Waals surface area (Å²) in [6.45, 7) is 6.53. The summed E-state index contributed by atoms with van der Waals surface area (Å²) in [6.07, 6.45) is 1.09. The Labute approximate surface area is 118 Å². The van der Waals surface area contributed by atoms with E-state index >= 15 is 0 Å². The summed E-state index contributed by atoms with van der Waals surface area (Å²) < 4.78 is 37.5. The predicted molar refractivity (Wildman–Crippen MR) is 74.3 cm³/mol. The molecule has 1 aromatic carbocycles. The van der Waals surface area contributed by atoms with Crippen LogP contribution in [0, 0.1) is 5.92 Å². The maximum absolute atomic E-state index is 12.5. The number of halogens is 3. The zero-order chi connectivity index (χ0) is 14.6. The number of likely N-dealkylation sites (tertiary alicyclic amines) is 1. The number of hydrogen-bond donors (Lipinski definition) is 0. The van der Waals surface area contributed by atoms with E-state index in [9.17, 15) is 13.2 Å². The van der Waals surface area contributed by atoms with Gasteiger partial charge in [-0.1, -0.05) is 18.2 Å². The molecule has 1 aromatic rings. The molecule has 0 aliphatic carbocycles. The van der Waals surface area contributed by atoms with Crippen molar-refractivity contribution in [3.8, 4) is 0 Å². The van der Waals surface area contributed by atoms with Gasteiger partial charge >= 0.3 is 6.18 Å². The second kappa shape index (κ2) is 6.44. The van der Waals surface area contributed by atoms with Gasteiger partial charge in [0.05, 0.1) is 5.56 Å². The third-order valence-electron chi connectivity index (χ3n) is 3.79. The molecule has 1 nitrogen and oxygen atoms in total. The largest absolute Gasteiger partial charge is 0.416 e. The number of hydrogen-bond acceptors (Lipinski definition) is 1. The number of alkyl halides is 3. The smallest absolute Gasteiger partial charge is 0.299 e. The van der Waals surface area contributed by atoms with E-state index in [0.29, 0.717) is 5.92 Å². The van der Waals surface area contributed by atoms with E-state index in [1.54, 1.807) is 12.1 Å². The van der Waals surface area contributed by atoms with Crippen LogP contribution in [-0.4, -0.2) is 18.0 Å². The molecule has 1 aliphatic rings. The highest BCUT2D eigenvalue weighted by atomic mass is 19.4. The molecule has 0 bridgehead atoms. The van der Waals surface area contributed by atoms with E-state index in [-0.39, 0.29) is 0 Å². The molecular formula is C16H20F3N. The van der Waals surface area contributed by atoms with Gasteiger partial charge in [-0.2, -0.15) is 13.2 Å². The van der Waals surface area contributed by atoms with Crippen LogP contribution in [0.4, 0.5) is 13.2 Å². The first-order valence-electron chi connectivity index (χ1n) is 6.98. The molecule has 1 fully saturated rings. The lowest BCUT2D eigenvalue weighted by atomic mass is 9.94. The van der Waals surface area contributed by atoms with E-state index in [1.807, 2.05) is 6.08 Å². The molecule has 1 heterocycles. The highest BCUT2D eigenvalue weighted by molar-refractivity contribution is 5.24. The maximum Gasteiger partial charge on any atom is 0.416 e. The zero-order valence-electron chi connectivity index (χ0n) is 11.5. The summed E-state index contributed by atoms with van der Waals surface area (Å²) in [5.74, 6) is 0.635. The van der Waals surface area contributed by atoms with Crippen LogP contribution in [0.15, 0.2) is 36.9 Å². The Morgan fingerprint density at radius 1 is 1.25 bits per heavy atom. The first kappa shape index (κ1) is 15.1. The average Bonchev–Trinajstić information content (AvgIpc) is 2.39. The molecule has 0 N–H and O–H groups in total. The molecule has 110 valence electrons. The SMILES string of the molecule is C=CCC1CCCN(Cc2ccc(C(F)(F)F)cc2)C1. The van der Waals surface area contributed by atoms with Crippen molar-refractivity contribution in [2.75, 3.05) is 13.1 Å². The van der Waals surface area contributed by atoms with Crippen molar-refractivity contribution in [1.82, 2.24) is 4.90 Å². The molecule has 1 saturated heterocycles. The van der Waals surface area contributed by atoms with E-state index in [2.05, 4.69) is 11.5 Å². The van der Waals surface area contributed by atoms with Crippen LogP contribution < -0.4 is 0 Å². The van der Waals surface area contributed by atoms with Crippen molar-refractivity contribution in [2.45, 2.75) is 32.0 Å². The van der Waals surface area contributed by atoms with Gasteiger partial charge in [0.15, 0.2) is 0 Å². The highest BCUT2D eigenvalue weighted by Gasteiger charge is 2.30. The fourth-order valence-corrected chi connectivity index (χ4v) is 2.78. The van der Waals surface area contributed by atoms with Crippen molar-refractivity contribution in [3.63, 3.8) is 0 Å². The van der Waals surface area contributed by atoms with Crippen LogP contribution in [0.1, 0.15) is 30.4 Å². The summed E-state index contributed by atoms with van der Waals surface area (Å²) in [7, 11) is 0. The van der Waals surface area contributed by atoms with Gasteiger partial charge in [0, 0.05) is 13.1 Å². The summed E-state index contributed by atoms with van der Waals surface area (Å²) in [5.41, 5.74) is 0.363. The Balaban J connectivity index is 1.94. The van der Waals surface area contributed by atoms with Gasteiger partial charge in [-0.15, -0.1) is 6.58 Å². The highest BCUT2D eigenvalue weighted by Crippen LogP contribution is 2.29. The molecule has 1 aliphatic heterocycles. The molecule has 0 radical (unpaired) electrons. The topological polar surface area (TPSA) is 3.24 Å². The molecule has 0 aromatic heterocycles. The van der Waals surface area contributed by atoms with E-state index in [4.69, 9.17) is 0 Å². The monoisotopic (exact) mass is 283 g/mol. The van der Waals surface area contributed by atoms with Gasteiger partial charge in [0.2, 0.25) is 0 Å². The Bertz CT molecular complexity index is 436. The van der Waals surface area contributed by atoms with Crippen molar-refractivity contribution >= 4 is 0 Å². The second-order valence-corrected chi connectivity index (χ2v) is 5.46. The van der Waals surface area contributed by atoms with Gasteiger partial charge in [0.25, 0.3) is 0 Å². The maximum atomic E-state index is 12.5. The number of nitrogens with zero attached hydrogens (tertiary/aromatic N) is 1. The summed E-state index contributed by atoms with van der Waals surface area (Å²) >= 11 is 0. The lowest BCUT2D eigenvalue weighted by Gasteiger charge is -2.32. The van der Waals surface area contributed by atoms with Gasteiger partial charge < -0.3 is 0 Å². The number of benzene rings is 1.